The molecule has 0 fully saturated rings. The molecule has 0 saturated carbocycles. The van der Waals surface area contributed by atoms with Gasteiger partial charge < -0.3 is 20.5 Å². The molecule has 0 radical (unpaired) electrons. The second kappa shape index (κ2) is 10.5. The van der Waals surface area contributed by atoms with Crippen LogP contribution in [-0.2, 0) is 9.53 Å². The van der Waals surface area contributed by atoms with Crippen LogP contribution >= 0.6 is 22.6 Å². The molecule has 1 aliphatic rings. The highest BCUT2D eigenvalue weighted by Gasteiger charge is 2.30. The van der Waals surface area contributed by atoms with Crippen LogP contribution in [0.1, 0.15) is 41.3 Å². The Hall–Kier alpha value is -3.40. The molecular weight excluding hydrogens is 559 g/mol. The zero-order valence-electron chi connectivity index (χ0n) is 19.2. The minimum absolute atomic E-state index is 0.0674. The molecule has 3 aromatic rings. The third-order valence-corrected chi connectivity index (χ3v) is 6.60. The topological polar surface area (TPSA) is 105 Å². The second-order valence-electron chi connectivity index (χ2n) is 8.71. The zero-order chi connectivity index (χ0) is 25.1. The van der Waals surface area contributed by atoms with Crippen molar-refractivity contribution in [3.63, 3.8) is 0 Å². The third kappa shape index (κ3) is 5.48. The van der Waals surface area contributed by atoms with E-state index in [4.69, 9.17) is 4.74 Å². The van der Waals surface area contributed by atoms with Crippen LogP contribution in [0.5, 0.6) is 0 Å². The van der Waals surface area contributed by atoms with Crippen LogP contribution in [0.2, 0.25) is 0 Å². The van der Waals surface area contributed by atoms with Crippen molar-refractivity contribution in [1.29, 1.82) is 0 Å². The third-order valence-electron chi connectivity index (χ3n) is 5.98. The highest BCUT2D eigenvalue weighted by atomic mass is 127. The van der Waals surface area contributed by atoms with E-state index >= 15 is 0 Å². The molecule has 0 aromatic heterocycles. The minimum atomic E-state index is -1.09. The van der Waals surface area contributed by atoms with Crippen molar-refractivity contribution in [2.45, 2.75) is 25.8 Å². The number of alkyl carbamates (subject to hydrolysis) is 1. The molecule has 1 aliphatic carbocycles. The Labute approximate surface area is 217 Å². The zero-order valence-corrected chi connectivity index (χ0v) is 21.4. The van der Waals surface area contributed by atoms with E-state index < -0.39 is 24.0 Å². The summed E-state index contributed by atoms with van der Waals surface area (Å²) in [5.41, 5.74) is 4.89. The smallest absolute Gasteiger partial charge is 0.407 e. The predicted octanol–water partition coefficient (Wildman–Crippen LogP) is 5.49. The maximum Gasteiger partial charge on any atom is 0.407 e. The number of hydrogen-bond acceptors (Lipinski definition) is 4. The highest BCUT2D eigenvalue weighted by molar-refractivity contribution is 14.1. The predicted molar refractivity (Wildman–Crippen MR) is 142 cm³/mol. The Kier molecular flexibility index (Phi) is 7.39. The summed E-state index contributed by atoms with van der Waals surface area (Å²) in [6.45, 7) is 3.77. The van der Waals surface area contributed by atoms with Gasteiger partial charge in [0.25, 0.3) is 0 Å². The van der Waals surface area contributed by atoms with Gasteiger partial charge in [-0.3, -0.25) is 4.79 Å². The molecule has 2 amide bonds. The number of anilines is 1. The van der Waals surface area contributed by atoms with E-state index in [2.05, 4.69) is 22.8 Å². The molecule has 1 atom stereocenters. The van der Waals surface area contributed by atoms with Crippen molar-refractivity contribution < 1.29 is 24.2 Å². The fraction of sp³-hybridized carbons (Fsp3) is 0.222. The van der Waals surface area contributed by atoms with Gasteiger partial charge >= 0.3 is 12.1 Å². The van der Waals surface area contributed by atoms with E-state index in [1.54, 1.807) is 6.07 Å². The summed E-state index contributed by atoms with van der Waals surface area (Å²) in [6.07, 6.45) is -0.686. The molecule has 0 saturated heterocycles. The molecule has 0 spiro atoms. The van der Waals surface area contributed by atoms with Gasteiger partial charge in [-0.2, -0.15) is 0 Å². The number of carbonyl (C=O) groups is 3. The number of hydrogen-bond donors (Lipinski definition) is 3. The molecule has 35 heavy (non-hydrogen) atoms. The fourth-order valence-corrected chi connectivity index (χ4v) is 4.98. The van der Waals surface area contributed by atoms with Crippen LogP contribution in [0.3, 0.4) is 0 Å². The summed E-state index contributed by atoms with van der Waals surface area (Å²) in [6, 6.07) is 19.8. The van der Waals surface area contributed by atoms with Crippen molar-refractivity contribution >= 4 is 46.2 Å². The molecule has 0 aliphatic heterocycles. The lowest BCUT2D eigenvalue weighted by Gasteiger charge is -2.22. The lowest BCUT2D eigenvalue weighted by Crippen LogP contribution is -2.47. The van der Waals surface area contributed by atoms with Crippen LogP contribution in [0.25, 0.3) is 11.1 Å². The molecule has 180 valence electrons. The first-order chi connectivity index (χ1) is 16.7. The van der Waals surface area contributed by atoms with Crippen LogP contribution in [0.15, 0.2) is 66.7 Å². The molecule has 7 nitrogen and oxygen atoms in total. The number of carboxylic acid groups (broad SMARTS) is 1. The second-order valence-corrected chi connectivity index (χ2v) is 9.96. The van der Waals surface area contributed by atoms with Crippen LogP contribution < -0.4 is 10.6 Å². The molecular formula is C27H25IN2O5. The number of aromatic carboxylic acids is 1. The standard InChI is InChI=1S/C27H25IN2O5/c1-15(2)24(25(31)29-18-12-16(26(32)33)11-17(28)13-18)30-27(34)35-14-23-21-9-5-3-7-19(21)20-8-4-6-10-22(20)23/h3-13,15,23-24H,14H2,1-2H3,(H,29,31)(H,30,34)(H,32,33). The van der Waals surface area contributed by atoms with Crippen LogP contribution in [0, 0.1) is 9.49 Å². The molecule has 4 rings (SSSR count). The van der Waals surface area contributed by atoms with E-state index in [0.29, 0.717) is 9.26 Å². The van der Waals surface area contributed by atoms with Crippen molar-refractivity contribution in [3.8, 4) is 11.1 Å². The SMILES string of the molecule is CC(C)C(NC(=O)OCC1c2ccccc2-c2ccccc21)C(=O)Nc1cc(I)cc(C(=O)O)c1. The number of halogens is 1. The summed E-state index contributed by atoms with van der Waals surface area (Å²) in [5.74, 6) is -1.85. The van der Waals surface area contributed by atoms with Crippen molar-refractivity contribution in [1.82, 2.24) is 5.32 Å². The Balaban J connectivity index is 1.43. The number of ether oxygens (including phenoxy) is 1. The van der Waals surface area contributed by atoms with Gasteiger partial charge in [-0.1, -0.05) is 62.4 Å². The number of amides is 2. The van der Waals surface area contributed by atoms with Crippen LogP contribution in [0.4, 0.5) is 10.5 Å². The van der Waals surface area contributed by atoms with Gasteiger partial charge in [0, 0.05) is 15.2 Å². The monoisotopic (exact) mass is 584 g/mol. The van der Waals surface area contributed by atoms with Crippen molar-refractivity contribution in [2.75, 3.05) is 11.9 Å². The molecule has 1 unspecified atom stereocenters. The van der Waals surface area contributed by atoms with Gasteiger partial charge in [0.15, 0.2) is 0 Å². The van der Waals surface area contributed by atoms with Crippen molar-refractivity contribution in [2.24, 2.45) is 5.92 Å². The van der Waals surface area contributed by atoms with Gasteiger partial charge in [0.1, 0.15) is 12.6 Å². The average molecular weight is 584 g/mol. The number of benzene rings is 3. The molecule has 3 aromatic carbocycles. The fourth-order valence-electron chi connectivity index (χ4n) is 4.31. The molecule has 3 N–H and O–H groups in total. The van der Waals surface area contributed by atoms with E-state index in [1.807, 2.05) is 72.8 Å². The molecule has 0 heterocycles. The summed E-state index contributed by atoms with van der Waals surface area (Å²) >= 11 is 1.99. The Morgan fingerprint density at radius 1 is 0.971 bits per heavy atom. The Morgan fingerprint density at radius 3 is 2.14 bits per heavy atom. The number of rotatable bonds is 7. The summed E-state index contributed by atoms with van der Waals surface area (Å²) in [4.78, 5) is 37.0. The number of fused-ring (bicyclic) bond motifs is 3. The Morgan fingerprint density at radius 2 is 1.57 bits per heavy atom. The summed E-state index contributed by atoms with van der Waals surface area (Å²) < 4.78 is 6.25. The molecule has 0 bridgehead atoms. The Bertz CT molecular complexity index is 1240. The minimum Gasteiger partial charge on any atom is -0.478 e. The first-order valence-corrected chi connectivity index (χ1v) is 12.3. The average Bonchev–Trinajstić information content (AvgIpc) is 3.14. The first kappa shape index (κ1) is 24.7. The van der Waals surface area contributed by atoms with E-state index in [1.165, 1.54) is 12.1 Å². The maximum absolute atomic E-state index is 12.9. The summed E-state index contributed by atoms with van der Waals surface area (Å²) in [5, 5.41) is 14.6. The van der Waals surface area contributed by atoms with E-state index in [-0.39, 0.29) is 24.0 Å². The number of carbonyl (C=O) groups excluding carboxylic acids is 2. The normalized spacial score (nSPS) is 13.0. The molecule has 8 heteroatoms. The van der Waals surface area contributed by atoms with Gasteiger partial charge in [0.2, 0.25) is 5.91 Å². The van der Waals surface area contributed by atoms with E-state index in [0.717, 1.165) is 22.3 Å². The van der Waals surface area contributed by atoms with Crippen LogP contribution in [-0.4, -0.2) is 35.7 Å². The largest absolute Gasteiger partial charge is 0.478 e. The highest BCUT2D eigenvalue weighted by Crippen LogP contribution is 2.44. The van der Waals surface area contributed by atoms with Gasteiger partial charge in [0.05, 0.1) is 5.56 Å². The van der Waals surface area contributed by atoms with Crippen molar-refractivity contribution in [3.05, 3.63) is 87.0 Å². The number of nitrogens with one attached hydrogen (secondary N) is 2. The van der Waals surface area contributed by atoms with Gasteiger partial charge in [-0.25, -0.2) is 9.59 Å². The lowest BCUT2D eigenvalue weighted by molar-refractivity contribution is -0.119. The lowest BCUT2D eigenvalue weighted by atomic mass is 9.98. The van der Waals surface area contributed by atoms with Gasteiger partial charge in [-0.15, -0.1) is 0 Å². The number of carboxylic acids is 1. The summed E-state index contributed by atoms with van der Waals surface area (Å²) in [7, 11) is 0. The van der Waals surface area contributed by atoms with E-state index in [9.17, 15) is 19.5 Å². The van der Waals surface area contributed by atoms with Gasteiger partial charge in [-0.05, 0) is 69.0 Å². The first-order valence-electron chi connectivity index (χ1n) is 11.2. The quantitative estimate of drug-likeness (QED) is 0.319. The maximum atomic E-state index is 12.9.